The van der Waals surface area contributed by atoms with Gasteiger partial charge in [0.2, 0.25) is 0 Å². The minimum absolute atomic E-state index is 0.204. The Morgan fingerprint density at radius 1 is 1.32 bits per heavy atom. The van der Waals surface area contributed by atoms with Gasteiger partial charge in [-0.1, -0.05) is 13.3 Å². The highest BCUT2D eigenvalue weighted by molar-refractivity contribution is 4.91. The third-order valence-corrected chi connectivity index (χ3v) is 5.31. The highest BCUT2D eigenvalue weighted by atomic mass is 16.5. The Kier molecular flexibility index (Phi) is 5.27. The lowest BCUT2D eigenvalue weighted by Crippen LogP contribution is -2.56. The molecule has 3 nitrogen and oxygen atoms in total. The molecular formula is C16H32N2O. The average molecular weight is 268 g/mol. The van der Waals surface area contributed by atoms with Gasteiger partial charge in [0.25, 0.3) is 0 Å². The van der Waals surface area contributed by atoms with Gasteiger partial charge in [0.05, 0.1) is 13.2 Å². The van der Waals surface area contributed by atoms with E-state index in [9.17, 15) is 0 Å². The monoisotopic (exact) mass is 268 g/mol. The van der Waals surface area contributed by atoms with E-state index in [1.165, 1.54) is 32.2 Å². The Balaban J connectivity index is 1.97. The van der Waals surface area contributed by atoms with E-state index in [0.717, 1.165) is 31.6 Å². The van der Waals surface area contributed by atoms with Crippen molar-refractivity contribution in [3.05, 3.63) is 0 Å². The van der Waals surface area contributed by atoms with Gasteiger partial charge in [0.1, 0.15) is 0 Å². The summed E-state index contributed by atoms with van der Waals surface area (Å²) in [5.74, 6) is 1.75. The zero-order valence-electron chi connectivity index (χ0n) is 13.2. The van der Waals surface area contributed by atoms with E-state index < -0.39 is 0 Å². The van der Waals surface area contributed by atoms with E-state index in [2.05, 4.69) is 38.0 Å². The molecule has 0 radical (unpaired) electrons. The first-order valence-corrected chi connectivity index (χ1v) is 8.07. The number of morpholine rings is 1. The second-order valence-electron chi connectivity index (χ2n) is 7.05. The third-order valence-electron chi connectivity index (χ3n) is 5.31. The van der Waals surface area contributed by atoms with E-state index in [-0.39, 0.29) is 5.54 Å². The van der Waals surface area contributed by atoms with Crippen molar-refractivity contribution in [1.82, 2.24) is 10.2 Å². The molecule has 2 aliphatic rings. The summed E-state index contributed by atoms with van der Waals surface area (Å²) >= 11 is 0. The van der Waals surface area contributed by atoms with Gasteiger partial charge in [-0.15, -0.1) is 0 Å². The van der Waals surface area contributed by atoms with E-state index in [1.54, 1.807) is 0 Å². The van der Waals surface area contributed by atoms with Crippen molar-refractivity contribution in [3.63, 3.8) is 0 Å². The summed E-state index contributed by atoms with van der Waals surface area (Å²) < 4.78 is 5.64. The first kappa shape index (κ1) is 15.3. The third kappa shape index (κ3) is 3.71. The van der Waals surface area contributed by atoms with E-state index >= 15 is 0 Å². The van der Waals surface area contributed by atoms with Crippen LogP contribution in [0.3, 0.4) is 0 Å². The molecule has 1 N–H and O–H groups in total. The van der Waals surface area contributed by atoms with Crippen LogP contribution >= 0.6 is 0 Å². The van der Waals surface area contributed by atoms with Gasteiger partial charge in [-0.3, -0.25) is 4.90 Å². The predicted octanol–water partition coefficient (Wildman–Crippen LogP) is 2.51. The maximum absolute atomic E-state index is 5.64. The summed E-state index contributed by atoms with van der Waals surface area (Å²) in [6, 6.07) is 0.710. The zero-order chi connectivity index (χ0) is 13.9. The molecule has 0 amide bonds. The van der Waals surface area contributed by atoms with Crippen molar-refractivity contribution in [1.29, 1.82) is 0 Å². The smallest absolute Gasteiger partial charge is 0.0645 e. The number of nitrogens with zero attached hydrogens (tertiary/aromatic N) is 1. The lowest BCUT2D eigenvalue weighted by atomic mass is 9.76. The minimum atomic E-state index is 0.204. The molecule has 3 atom stereocenters. The molecule has 1 heterocycles. The van der Waals surface area contributed by atoms with Crippen molar-refractivity contribution < 1.29 is 4.74 Å². The van der Waals surface area contributed by atoms with Gasteiger partial charge in [-0.25, -0.2) is 0 Å². The van der Waals surface area contributed by atoms with E-state index in [1.807, 2.05) is 0 Å². The predicted molar refractivity (Wildman–Crippen MR) is 80.4 cm³/mol. The van der Waals surface area contributed by atoms with Crippen LogP contribution in [0.25, 0.3) is 0 Å². The highest BCUT2D eigenvalue weighted by Gasteiger charge is 2.36. The summed E-state index contributed by atoms with van der Waals surface area (Å²) in [5, 5.41) is 3.56. The molecule has 0 spiro atoms. The first-order valence-electron chi connectivity index (χ1n) is 8.07. The van der Waals surface area contributed by atoms with Gasteiger partial charge in [-0.2, -0.15) is 0 Å². The number of hydrogen-bond acceptors (Lipinski definition) is 3. The molecule has 112 valence electrons. The van der Waals surface area contributed by atoms with E-state index in [4.69, 9.17) is 4.74 Å². The Labute approximate surface area is 119 Å². The molecule has 1 saturated carbocycles. The van der Waals surface area contributed by atoms with Crippen LogP contribution in [0, 0.1) is 11.8 Å². The molecule has 19 heavy (non-hydrogen) atoms. The molecular weight excluding hydrogens is 236 g/mol. The summed E-state index contributed by atoms with van der Waals surface area (Å²) in [4.78, 5) is 2.66. The van der Waals surface area contributed by atoms with Gasteiger partial charge < -0.3 is 10.1 Å². The summed E-state index contributed by atoms with van der Waals surface area (Å²) in [6.07, 6.45) is 5.50. The van der Waals surface area contributed by atoms with Crippen LogP contribution in [0.15, 0.2) is 0 Å². The fraction of sp³-hybridized carbons (Fsp3) is 1.00. The molecule has 1 aliphatic heterocycles. The number of rotatable bonds is 4. The Morgan fingerprint density at radius 3 is 2.74 bits per heavy atom. The summed E-state index contributed by atoms with van der Waals surface area (Å²) in [6.45, 7) is 11.1. The molecule has 1 saturated heterocycles. The standard InChI is InChI=1S/C16H32N2O/c1-5-13-6-7-15(17-4)14(10-13)11-18-8-9-19-12-16(18,2)3/h13-15,17H,5-12H2,1-4H3. The van der Waals surface area contributed by atoms with Crippen molar-refractivity contribution in [2.75, 3.05) is 33.4 Å². The zero-order valence-corrected chi connectivity index (χ0v) is 13.2. The average Bonchev–Trinajstić information content (AvgIpc) is 2.41. The topological polar surface area (TPSA) is 24.5 Å². The van der Waals surface area contributed by atoms with Crippen LogP contribution in [-0.2, 0) is 4.74 Å². The maximum atomic E-state index is 5.64. The number of nitrogens with one attached hydrogen (secondary N) is 1. The number of hydrogen-bond donors (Lipinski definition) is 1. The van der Waals surface area contributed by atoms with Crippen molar-refractivity contribution in [3.8, 4) is 0 Å². The van der Waals surface area contributed by atoms with Crippen LogP contribution in [0.4, 0.5) is 0 Å². The van der Waals surface area contributed by atoms with Gasteiger partial charge >= 0.3 is 0 Å². The largest absolute Gasteiger partial charge is 0.378 e. The second kappa shape index (κ2) is 6.55. The summed E-state index contributed by atoms with van der Waals surface area (Å²) in [7, 11) is 2.13. The minimum Gasteiger partial charge on any atom is -0.378 e. The van der Waals surface area contributed by atoms with Gasteiger partial charge in [0.15, 0.2) is 0 Å². The highest BCUT2D eigenvalue weighted by Crippen LogP contribution is 2.33. The van der Waals surface area contributed by atoms with Crippen LogP contribution in [0.1, 0.15) is 46.5 Å². The molecule has 0 aromatic carbocycles. The van der Waals surface area contributed by atoms with Crippen molar-refractivity contribution >= 4 is 0 Å². The van der Waals surface area contributed by atoms with Crippen molar-refractivity contribution in [2.45, 2.75) is 58.0 Å². The van der Waals surface area contributed by atoms with Gasteiger partial charge in [0, 0.05) is 24.7 Å². The molecule has 0 aromatic heterocycles. The SMILES string of the molecule is CCC1CCC(NC)C(CN2CCOCC2(C)C)C1. The Bertz CT molecular complexity index is 280. The maximum Gasteiger partial charge on any atom is 0.0645 e. The van der Waals surface area contributed by atoms with Crippen LogP contribution < -0.4 is 5.32 Å². The lowest BCUT2D eigenvalue weighted by molar-refractivity contribution is -0.0624. The van der Waals surface area contributed by atoms with Crippen LogP contribution in [-0.4, -0.2) is 49.8 Å². The van der Waals surface area contributed by atoms with Crippen molar-refractivity contribution in [2.24, 2.45) is 11.8 Å². The molecule has 3 heteroatoms. The molecule has 0 aromatic rings. The fourth-order valence-corrected chi connectivity index (χ4v) is 3.83. The fourth-order valence-electron chi connectivity index (χ4n) is 3.83. The first-order chi connectivity index (χ1) is 9.06. The quantitative estimate of drug-likeness (QED) is 0.848. The normalized spacial score (nSPS) is 36.3. The summed E-state index contributed by atoms with van der Waals surface area (Å²) in [5.41, 5.74) is 0.204. The van der Waals surface area contributed by atoms with Crippen LogP contribution in [0.2, 0.25) is 0 Å². The molecule has 2 fully saturated rings. The molecule has 2 rings (SSSR count). The van der Waals surface area contributed by atoms with Crippen LogP contribution in [0.5, 0.6) is 0 Å². The Hall–Kier alpha value is -0.120. The number of ether oxygens (including phenoxy) is 1. The van der Waals surface area contributed by atoms with E-state index in [0.29, 0.717) is 6.04 Å². The molecule has 0 bridgehead atoms. The Morgan fingerprint density at radius 2 is 2.11 bits per heavy atom. The second-order valence-corrected chi connectivity index (χ2v) is 7.05. The molecule has 3 unspecified atom stereocenters. The lowest BCUT2D eigenvalue weighted by Gasteiger charge is -2.46. The van der Waals surface area contributed by atoms with Gasteiger partial charge in [-0.05, 0) is 52.0 Å². The molecule has 1 aliphatic carbocycles.